The number of rotatable bonds is 4. The maximum Gasteiger partial charge on any atom is 0.101 e. The molecule has 5 aromatic carbocycles. The third-order valence-corrected chi connectivity index (χ3v) is 7.30. The van der Waals surface area contributed by atoms with E-state index in [1.165, 1.54) is 21.9 Å². The van der Waals surface area contributed by atoms with Gasteiger partial charge in [0.15, 0.2) is 0 Å². The van der Waals surface area contributed by atoms with Crippen LogP contribution >= 0.6 is 0 Å². The number of fused-ring (bicyclic) bond motifs is 3. The second-order valence-electron chi connectivity index (χ2n) is 9.56. The zero-order valence-electron chi connectivity index (χ0n) is 21.1. The predicted octanol–water partition coefficient (Wildman–Crippen LogP) is 9.05. The van der Waals surface area contributed by atoms with Crippen LogP contribution in [0.1, 0.15) is 5.56 Å². The van der Waals surface area contributed by atoms with Gasteiger partial charge >= 0.3 is 0 Å². The third-order valence-electron chi connectivity index (χ3n) is 7.30. The number of pyridine rings is 1. The highest BCUT2D eigenvalue weighted by atomic mass is 15.0. The molecule has 0 saturated heterocycles. The van der Waals surface area contributed by atoms with Gasteiger partial charge in [0.05, 0.1) is 28.0 Å². The predicted molar refractivity (Wildman–Crippen MR) is 160 cm³/mol. The molecule has 0 spiro atoms. The third kappa shape index (κ3) is 3.87. The molecule has 0 bridgehead atoms. The van der Waals surface area contributed by atoms with Crippen LogP contribution in [0, 0.1) is 11.3 Å². The summed E-state index contributed by atoms with van der Waals surface area (Å²) in [5, 5.41) is 12.1. The highest BCUT2D eigenvalue weighted by Crippen LogP contribution is 2.38. The highest BCUT2D eigenvalue weighted by molar-refractivity contribution is 6.11. The SMILES string of the molecule is N#Cc1cccnc1-c1cccc(-c2ccccc2-n2c3ccccc3c3cc(-c4ccccc4)ccc32)c1. The molecular formula is C36H23N3. The van der Waals surface area contributed by atoms with Crippen molar-refractivity contribution in [3.8, 4) is 45.3 Å². The van der Waals surface area contributed by atoms with Crippen molar-refractivity contribution in [2.45, 2.75) is 0 Å². The Morgan fingerprint density at radius 3 is 2.18 bits per heavy atom. The van der Waals surface area contributed by atoms with Gasteiger partial charge < -0.3 is 4.57 Å². The molecule has 7 rings (SSSR count). The Morgan fingerprint density at radius 1 is 0.538 bits per heavy atom. The molecule has 0 N–H and O–H groups in total. The van der Waals surface area contributed by atoms with E-state index >= 15 is 0 Å². The Bertz CT molecular complexity index is 2030. The molecule has 2 heterocycles. The fourth-order valence-corrected chi connectivity index (χ4v) is 5.51. The zero-order chi connectivity index (χ0) is 26.2. The number of benzene rings is 5. The normalized spacial score (nSPS) is 11.1. The summed E-state index contributed by atoms with van der Waals surface area (Å²) in [5.74, 6) is 0. The van der Waals surface area contributed by atoms with Crippen molar-refractivity contribution in [1.82, 2.24) is 9.55 Å². The average Bonchev–Trinajstić information content (AvgIpc) is 3.35. The smallest absolute Gasteiger partial charge is 0.101 e. The van der Waals surface area contributed by atoms with E-state index in [0.717, 1.165) is 33.4 Å². The van der Waals surface area contributed by atoms with E-state index in [2.05, 4.69) is 125 Å². The van der Waals surface area contributed by atoms with E-state index in [9.17, 15) is 5.26 Å². The van der Waals surface area contributed by atoms with Crippen molar-refractivity contribution in [3.63, 3.8) is 0 Å². The monoisotopic (exact) mass is 497 g/mol. The van der Waals surface area contributed by atoms with Crippen LogP contribution in [-0.4, -0.2) is 9.55 Å². The van der Waals surface area contributed by atoms with Gasteiger partial charge in [0, 0.05) is 28.1 Å². The topological polar surface area (TPSA) is 41.6 Å². The summed E-state index contributed by atoms with van der Waals surface area (Å²) in [6.07, 6.45) is 1.73. The molecule has 182 valence electrons. The van der Waals surface area contributed by atoms with Gasteiger partial charge in [0.2, 0.25) is 0 Å². The first-order valence-corrected chi connectivity index (χ1v) is 13.0. The van der Waals surface area contributed by atoms with E-state index in [-0.39, 0.29) is 0 Å². The Kier molecular flexibility index (Phi) is 5.50. The lowest BCUT2D eigenvalue weighted by molar-refractivity contribution is 1.18. The second kappa shape index (κ2) is 9.45. The molecule has 0 aliphatic rings. The summed E-state index contributed by atoms with van der Waals surface area (Å²) in [6, 6.07) is 48.6. The molecule has 0 aliphatic carbocycles. The summed E-state index contributed by atoms with van der Waals surface area (Å²) >= 11 is 0. The van der Waals surface area contributed by atoms with Gasteiger partial charge in [0.1, 0.15) is 6.07 Å². The summed E-state index contributed by atoms with van der Waals surface area (Å²) in [5.41, 5.74) is 10.2. The highest BCUT2D eigenvalue weighted by Gasteiger charge is 2.16. The van der Waals surface area contributed by atoms with Crippen LogP contribution in [0.25, 0.3) is 61.0 Å². The minimum atomic E-state index is 0.569. The molecule has 0 atom stereocenters. The van der Waals surface area contributed by atoms with Crippen molar-refractivity contribution < 1.29 is 0 Å². The molecule has 2 aromatic heterocycles. The molecule has 0 fully saturated rings. The van der Waals surface area contributed by atoms with Crippen molar-refractivity contribution in [2.75, 3.05) is 0 Å². The molecule has 39 heavy (non-hydrogen) atoms. The number of aromatic nitrogens is 2. The van der Waals surface area contributed by atoms with E-state index < -0.39 is 0 Å². The van der Waals surface area contributed by atoms with Crippen LogP contribution in [0.15, 0.2) is 140 Å². The van der Waals surface area contributed by atoms with Crippen LogP contribution in [-0.2, 0) is 0 Å². The largest absolute Gasteiger partial charge is 0.309 e. The molecule has 0 radical (unpaired) electrons. The maximum atomic E-state index is 9.64. The van der Waals surface area contributed by atoms with Gasteiger partial charge in [-0.1, -0.05) is 91.0 Å². The van der Waals surface area contributed by atoms with Crippen LogP contribution in [0.3, 0.4) is 0 Å². The Balaban J connectivity index is 1.45. The molecule has 0 amide bonds. The minimum Gasteiger partial charge on any atom is -0.309 e. The zero-order valence-corrected chi connectivity index (χ0v) is 21.1. The summed E-state index contributed by atoms with van der Waals surface area (Å²) in [6.45, 7) is 0. The van der Waals surface area contributed by atoms with Gasteiger partial charge in [-0.05, 0) is 59.2 Å². The Morgan fingerprint density at radius 2 is 1.28 bits per heavy atom. The van der Waals surface area contributed by atoms with Gasteiger partial charge in [-0.25, -0.2) is 0 Å². The van der Waals surface area contributed by atoms with Crippen LogP contribution in [0.4, 0.5) is 0 Å². The van der Waals surface area contributed by atoms with E-state index in [1.807, 2.05) is 18.2 Å². The molecule has 3 heteroatoms. The number of para-hydroxylation sites is 2. The molecule has 0 unspecified atom stereocenters. The van der Waals surface area contributed by atoms with Crippen LogP contribution in [0.5, 0.6) is 0 Å². The summed E-state index contributed by atoms with van der Waals surface area (Å²) in [7, 11) is 0. The van der Waals surface area contributed by atoms with Crippen molar-refractivity contribution in [1.29, 1.82) is 5.26 Å². The quantitative estimate of drug-likeness (QED) is 0.243. The fourth-order valence-electron chi connectivity index (χ4n) is 5.51. The number of nitrogens with zero attached hydrogens (tertiary/aromatic N) is 3. The lowest BCUT2D eigenvalue weighted by atomic mass is 9.98. The van der Waals surface area contributed by atoms with E-state index in [4.69, 9.17) is 0 Å². The second-order valence-corrected chi connectivity index (χ2v) is 9.56. The van der Waals surface area contributed by atoms with Gasteiger partial charge in [-0.2, -0.15) is 5.26 Å². The van der Waals surface area contributed by atoms with E-state index in [1.54, 1.807) is 12.3 Å². The van der Waals surface area contributed by atoms with Gasteiger partial charge in [-0.3, -0.25) is 4.98 Å². The lowest BCUT2D eigenvalue weighted by Gasteiger charge is -2.15. The number of hydrogen-bond donors (Lipinski definition) is 0. The van der Waals surface area contributed by atoms with Crippen molar-refractivity contribution in [3.05, 3.63) is 145 Å². The molecular weight excluding hydrogens is 474 g/mol. The van der Waals surface area contributed by atoms with Crippen molar-refractivity contribution >= 4 is 21.8 Å². The first-order chi connectivity index (χ1) is 19.3. The van der Waals surface area contributed by atoms with E-state index in [0.29, 0.717) is 11.3 Å². The molecule has 3 nitrogen and oxygen atoms in total. The molecule has 7 aromatic rings. The summed E-state index contributed by atoms with van der Waals surface area (Å²) in [4.78, 5) is 4.51. The van der Waals surface area contributed by atoms with Crippen molar-refractivity contribution in [2.24, 2.45) is 0 Å². The van der Waals surface area contributed by atoms with Gasteiger partial charge in [0.25, 0.3) is 0 Å². The number of nitriles is 1. The average molecular weight is 498 g/mol. The first kappa shape index (κ1) is 22.7. The first-order valence-electron chi connectivity index (χ1n) is 13.0. The Labute approximate surface area is 226 Å². The number of hydrogen-bond acceptors (Lipinski definition) is 2. The molecule has 0 aliphatic heterocycles. The fraction of sp³-hybridized carbons (Fsp3) is 0. The van der Waals surface area contributed by atoms with Crippen LogP contribution in [0.2, 0.25) is 0 Å². The Hall–Kier alpha value is -5.46. The van der Waals surface area contributed by atoms with Crippen LogP contribution < -0.4 is 0 Å². The molecule has 0 saturated carbocycles. The standard InChI is InChI=1S/C36H23N3/c37-24-29-14-9-21-38-36(29)28-13-8-12-27(22-28)30-15-4-6-17-33(30)39-34-18-7-5-16-31(34)32-23-26(19-20-35(32)39)25-10-2-1-3-11-25/h1-23H. The minimum absolute atomic E-state index is 0.569. The lowest BCUT2D eigenvalue weighted by Crippen LogP contribution is -1.97. The maximum absolute atomic E-state index is 9.64. The van der Waals surface area contributed by atoms with Gasteiger partial charge in [-0.15, -0.1) is 0 Å². The summed E-state index contributed by atoms with van der Waals surface area (Å²) < 4.78 is 2.36.